The average molecular weight is 219 g/mol. The van der Waals surface area contributed by atoms with Crippen LogP contribution in [0.2, 0.25) is 0 Å². The van der Waals surface area contributed by atoms with Gasteiger partial charge in [0, 0.05) is 12.5 Å². The molecule has 5 nitrogen and oxygen atoms in total. The number of hydrogen-bond acceptors (Lipinski definition) is 4. The molecule has 0 bridgehead atoms. The molecular weight excluding hydrogens is 202 g/mol. The van der Waals surface area contributed by atoms with E-state index in [-0.39, 0.29) is 6.04 Å². The van der Waals surface area contributed by atoms with E-state index in [9.17, 15) is 5.26 Å². The lowest BCUT2D eigenvalue weighted by Crippen LogP contribution is -2.43. The summed E-state index contributed by atoms with van der Waals surface area (Å²) in [5.41, 5.74) is -0.466. The first-order chi connectivity index (χ1) is 7.63. The van der Waals surface area contributed by atoms with Crippen LogP contribution < -0.4 is 5.32 Å². The number of nitrogens with one attached hydrogen (secondary N) is 1. The molecule has 0 aromatic carbocycles. The van der Waals surface area contributed by atoms with Crippen molar-refractivity contribution >= 4 is 0 Å². The van der Waals surface area contributed by atoms with Gasteiger partial charge in [0.25, 0.3) is 0 Å². The van der Waals surface area contributed by atoms with Crippen molar-refractivity contribution in [2.45, 2.75) is 50.7 Å². The Morgan fingerprint density at radius 2 is 2.44 bits per heavy atom. The minimum atomic E-state index is -0.466. The Labute approximate surface area is 95.5 Å². The van der Waals surface area contributed by atoms with E-state index in [4.69, 9.17) is 0 Å². The molecule has 1 aromatic heterocycles. The quantitative estimate of drug-likeness (QED) is 0.809. The molecule has 2 rings (SSSR count). The molecule has 0 saturated heterocycles. The third kappa shape index (κ3) is 2.58. The predicted molar refractivity (Wildman–Crippen MR) is 59.5 cm³/mol. The van der Waals surface area contributed by atoms with Gasteiger partial charge >= 0.3 is 0 Å². The third-order valence-electron chi connectivity index (χ3n) is 2.94. The van der Waals surface area contributed by atoms with Crippen molar-refractivity contribution in [3.63, 3.8) is 0 Å². The third-order valence-corrected chi connectivity index (χ3v) is 2.94. The molecule has 1 aliphatic carbocycles. The summed E-state index contributed by atoms with van der Waals surface area (Å²) in [6, 6.07) is 3.08. The van der Waals surface area contributed by atoms with Crippen molar-refractivity contribution in [3.05, 3.63) is 12.7 Å². The lowest BCUT2D eigenvalue weighted by Gasteiger charge is -2.26. The predicted octanol–water partition coefficient (Wildman–Crippen LogP) is 1.26. The van der Waals surface area contributed by atoms with Crippen LogP contribution in [-0.4, -0.2) is 26.3 Å². The van der Waals surface area contributed by atoms with Crippen molar-refractivity contribution in [2.24, 2.45) is 0 Å². The van der Waals surface area contributed by atoms with Crippen molar-refractivity contribution in [1.29, 1.82) is 5.26 Å². The Morgan fingerprint density at radius 3 is 2.94 bits per heavy atom. The van der Waals surface area contributed by atoms with Gasteiger partial charge in [0.1, 0.15) is 18.2 Å². The van der Waals surface area contributed by atoms with E-state index in [0.29, 0.717) is 6.04 Å². The first-order valence-electron chi connectivity index (χ1n) is 5.66. The molecule has 1 saturated carbocycles. The normalized spacial score (nSPS) is 21.1. The smallest absolute Gasteiger partial charge is 0.137 e. The second kappa shape index (κ2) is 4.22. The Bertz CT molecular complexity index is 376. The molecule has 2 unspecified atom stereocenters. The van der Waals surface area contributed by atoms with E-state index in [1.54, 1.807) is 11.0 Å². The Kier molecular flexibility index (Phi) is 2.92. The molecule has 0 amide bonds. The highest BCUT2D eigenvalue weighted by Crippen LogP contribution is 2.26. The second-order valence-corrected chi connectivity index (χ2v) is 4.79. The van der Waals surface area contributed by atoms with Crippen LogP contribution in [0.3, 0.4) is 0 Å². The van der Waals surface area contributed by atoms with Crippen molar-refractivity contribution in [2.75, 3.05) is 0 Å². The van der Waals surface area contributed by atoms with Crippen LogP contribution >= 0.6 is 0 Å². The van der Waals surface area contributed by atoms with E-state index in [2.05, 4.69) is 28.4 Å². The number of aromatic nitrogens is 3. The fourth-order valence-electron chi connectivity index (χ4n) is 1.94. The van der Waals surface area contributed by atoms with Crippen LogP contribution in [0.15, 0.2) is 12.7 Å². The lowest BCUT2D eigenvalue weighted by molar-refractivity contribution is 0.330. The summed E-state index contributed by atoms with van der Waals surface area (Å²) in [5.74, 6) is 0. The number of hydrogen-bond donors (Lipinski definition) is 1. The summed E-state index contributed by atoms with van der Waals surface area (Å²) in [6.45, 7) is 4.01. The molecule has 0 spiro atoms. The van der Waals surface area contributed by atoms with Crippen molar-refractivity contribution in [1.82, 2.24) is 20.1 Å². The van der Waals surface area contributed by atoms with Gasteiger partial charge in [0.05, 0.1) is 12.1 Å². The largest absolute Gasteiger partial charge is 0.297 e. The molecule has 16 heavy (non-hydrogen) atoms. The van der Waals surface area contributed by atoms with Gasteiger partial charge in [-0.25, -0.2) is 4.98 Å². The van der Waals surface area contributed by atoms with Crippen LogP contribution in [0.4, 0.5) is 0 Å². The number of nitrogens with zero attached hydrogens (tertiary/aromatic N) is 4. The number of nitriles is 1. The summed E-state index contributed by atoms with van der Waals surface area (Å²) in [5, 5.41) is 16.7. The summed E-state index contributed by atoms with van der Waals surface area (Å²) in [6.07, 6.45) is 6.33. The van der Waals surface area contributed by atoms with E-state index in [0.717, 1.165) is 6.42 Å². The summed E-state index contributed by atoms with van der Waals surface area (Å²) in [7, 11) is 0. The van der Waals surface area contributed by atoms with Gasteiger partial charge < -0.3 is 0 Å². The molecule has 86 valence electrons. The minimum absolute atomic E-state index is 0.179. The van der Waals surface area contributed by atoms with E-state index in [1.807, 2.05) is 6.92 Å². The maximum atomic E-state index is 9.25. The second-order valence-electron chi connectivity index (χ2n) is 4.79. The lowest BCUT2D eigenvalue weighted by atomic mass is 9.95. The molecule has 1 N–H and O–H groups in total. The zero-order chi connectivity index (χ0) is 11.6. The molecule has 1 aliphatic rings. The topological polar surface area (TPSA) is 66.5 Å². The highest BCUT2D eigenvalue weighted by Gasteiger charge is 2.34. The molecule has 1 fully saturated rings. The van der Waals surface area contributed by atoms with Gasteiger partial charge in [-0.15, -0.1) is 0 Å². The average Bonchev–Trinajstić information content (AvgIpc) is 2.88. The highest BCUT2D eigenvalue weighted by molar-refractivity contribution is 5.08. The van der Waals surface area contributed by atoms with E-state index >= 15 is 0 Å². The standard InChI is InChI=1S/C11H17N5/c1-9(16-8-13-7-14-16)5-11(2,6-12)15-10-3-4-10/h7-10,15H,3-5H2,1-2H3. The highest BCUT2D eigenvalue weighted by atomic mass is 15.3. The van der Waals surface area contributed by atoms with Gasteiger partial charge in [0.15, 0.2) is 0 Å². The molecule has 1 heterocycles. The molecule has 2 atom stereocenters. The SMILES string of the molecule is CC(CC(C)(C#N)NC1CC1)n1cncn1. The van der Waals surface area contributed by atoms with Crippen molar-refractivity contribution < 1.29 is 0 Å². The van der Waals surface area contributed by atoms with Gasteiger partial charge in [-0.3, -0.25) is 10.00 Å². The first-order valence-corrected chi connectivity index (χ1v) is 5.66. The van der Waals surface area contributed by atoms with Crippen LogP contribution in [0.1, 0.15) is 39.2 Å². The van der Waals surface area contributed by atoms with E-state index < -0.39 is 5.54 Å². The molecule has 0 aliphatic heterocycles. The maximum Gasteiger partial charge on any atom is 0.137 e. The fourth-order valence-corrected chi connectivity index (χ4v) is 1.94. The van der Waals surface area contributed by atoms with Crippen LogP contribution in [0.5, 0.6) is 0 Å². The minimum Gasteiger partial charge on any atom is -0.297 e. The fraction of sp³-hybridized carbons (Fsp3) is 0.727. The van der Waals surface area contributed by atoms with Gasteiger partial charge in [0.2, 0.25) is 0 Å². The van der Waals surface area contributed by atoms with Gasteiger partial charge in [-0.2, -0.15) is 10.4 Å². The monoisotopic (exact) mass is 219 g/mol. The summed E-state index contributed by atoms with van der Waals surface area (Å²) >= 11 is 0. The Balaban J connectivity index is 1.97. The van der Waals surface area contributed by atoms with E-state index in [1.165, 1.54) is 19.2 Å². The molecular formula is C11H17N5. The van der Waals surface area contributed by atoms with Crippen LogP contribution in [0.25, 0.3) is 0 Å². The van der Waals surface area contributed by atoms with Gasteiger partial charge in [-0.1, -0.05) is 0 Å². The Morgan fingerprint density at radius 1 is 1.69 bits per heavy atom. The first kappa shape index (κ1) is 11.1. The van der Waals surface area contributed by atoms with Crippen molar-refractivity contribution in [3.8, 4) is 6.07 Å². The van der Waals surface area contributed by atoms with Crippen LogP contribution in [0, 0.1) is 11.3 Å². The maximum absolute atomic E-state index is 9.25. The summed E-state index contributed by atoms with van der Waals surface area (Å²) in [4.78, 5) is 3.92. The zero-order valence-electron chi connectivity index (χ0n) is 9.72. The molecule has 0 radical (unpaired) electrons. The van der Waals surface area contributed by atoms with Crippen LogP contribution in [-0.2, 0) is 0 Å². The van der Waals surface area contributed by atoms with Gasteiger partial charge in [-0.05, 0) is 26.7 Å². The zero-order valence-corrected chi connectivity index (χ0v) is 9.72. The molecule has 5 heteroatoms. The molecule has 1 aromatic rings. The Hall–Kier alpha value is -1.41. The number of rotatable bonds is 5. The summed E-state index contributed by atoms with van der Waals surface area (Å²) < 4.78 is 1.80.